The minimum Gasteiger partial charge on any atom is -0.383 e. The Bertz CT molecular complexity index is 1390. The van der Waals surface area contributed by atoms with Crippen LogP contribution in [0.5, 0.6) is 0 Å². The van der Waals surface area contributed by atoms with Gasteiger partial charge in [0.2, 0.25) is 5.91 Å². The average Bonchev–Trinajstić information content (AvgIpc) is 3.40. The third kappa shape index (κ3) is 4.32. The molecule has 34 heavy (non-hydrogen) atoms. The second kappa shape index (κ2) is 8.94. The van der Waals surface area contributed by atoms with Crippen LogP contribution in [0.3, 0.4) is 0 Å². The van der Waals surface area contributed by atoms with Crippen LogP contribution in [0.2, 0.25) is 10.0 Å². The zero-order valence-corrected chi connectivity index (χ0v) is 21.0. The van der Waals surface area contributed by atoms with Crippen molar-refractivity contribution in [3.63, 3.8) is 0 Å². The number of carbonyl (C=O) groups excluding carboxylic acids is 1. The van der Waals surface area contributed by atoms with Crippen LogP contribution in [0.25, 0.3) is 32.7 Å². The number of hydrogen-bond acceptors (Lipinski definition) is 6. The summed E-state index contributed by atoms with van der Waals surface area (Å²) >= 11 is 14.5. The Morgan fingerprint density at radius 1 is 1.21 bits per heavy atom. The highest BCUT2D eigenvalue weighted by atomic mass is 35.5. The fourth-order valence-electron chi connectivity index (χ4n) is 4.05. The van der Waals surface area contributed by atoms with Gasteiger partial charge in [0.05, 0.1) is 27.2 Å². The average molecular weight is 516 g/mol. The van der Waals surface area contributed by atoms with Gasteiger partial charge in [-0.15, -0.1) is 11.3 Å². The summed E-state index contributed by atoms with van der Waals surface area (Å²) in [5, 5.41) is 16.1. The van der Waals surface area contributed by atoms with Gasteiger partial charge in [-0.2, -0.15) is 0 Å². The molecule has 3 N–H and O–H groups in total. The predicted molar refractivity (Wildman–Crippen MR) is 138 cm³/mol. The van der Waals surface area contributed by atoms with Gasteiger partial charge in [0, 0.05) is 29.0 Å². The zero-order chi connectivity index (χ0) is 24.0. The van der Waals surface area contributed by atoms with Crippen molar-refractivity contribution in [2.24, 2.45) is 0 Å². The lowest BCUT2D eigenvalue weighted by atomic mass is 9.81. The Labute approximate surface area is 210 Å². The maximum absolute atomic E-state index is 12.1. The molecule has 7 nitrogen and oxygen atoms in total. The maximum atomic E-state index is 12.1. The number of benzene rings is 1. The summed E-state index contributed by atoms with van der Waals surface area (Å²) < 4.78 is 0. The number of halogens is 2. The van der Waals surface area contributed by atoms with Crippen molar-refractivity contribution in [1.29, 1.82) is 0 Å². The molecule has 0 saturated heterocycles. The topological polar surface area (TPSA) is 94.1 Å². The van der Waals surface area contributed by atoms with Gasteiger partial charge in [0.1, 0.15) is 16.3 Å². The molecule has 0 spiro atoms. The molecule has 0 radical (unpaired) electrons. The van der Waals surface area contributed by atoms with E-state index in [0.717, 1.165) is 51.4 Å². The Morgan fingerprint density at radius 2 is 2.00 bits per heavy atom. The molecule has 1 saturated carbocycles. The lowest BCUT2D eigenvalue weighted by molar-refractivity contribution is -0.116. The molecule has 0 unspecified atom stereocenters. The molecule has 176 valence electrons. The highest BCUT2D eigenvalue weighted by Gasteiger charge is 2.39. The van der Waals surface area contributed by atoms with Crippen LogP contribution in [-0.4, -0.2) is 51.5 Å². The van der Waals surface area contributed by atoms with Gasteiger partial charge in [-0.25, -0.2) is 9.97 Å². The smallest absolute Gasteiger partial charge is 0.238 e. The molecule has 0 bridgehead atoms. The third-order valence-corrected chi connectivity index (χ3v) is 7.76. The number of anilines is 1. The zero-order valence-electron chi connectivity index (χ0n) is 18.7. The molecule has 1 aliphatic carbocycles. The minimum absolute atomic E-state index is 0.135. The summed E-state index contributed by atoms with van der Waals surface area (Å²) in [5.41, 5.74) is 2.93. The van der Waals surface area contributed by atoms with E-state index >= 15 is 0 Å². The van der Waals surface area contributed by atoms with Crippen LogP contribution in [0.1, 0.15) is 24.3 Å². The monoisotopic (exact) mass is 515 g/mol. The van der Waals surface area contributed by atoms with Crippen LogP contribution in [-0.2, 0) is 10.4 Å². The summed E-state index contributed by atoms with van der Waals surface area (Å²) in [6.45, 7) is 0.270. The Balaban J connectivity index is 1.48. The van der Waals surface area contributed by atoms with Crippen molar-refractivity contribution in [3.05, 3.63) is 51.7 Å². The second-order valence-electron chi connectivity index (χ2n) is 8.82. The van der Waals surface area contributed by atoms with Crippen molar-refractivity contribution < 1.29 is 9.90 Å². The molecule has 3 aromatic heterocycles. The lowest BCUT2D eigenvalue weighted by Crippen LogP contribution is -2.33. The quantitative estimate of drug-likeness (QED) is 0.313. The van der Waals surface area contributed by atoms with E-state index in [0.29, 0.717) is 21.4 Å². The van der Waals surface area contributed by atoms with E-state index in [1.165, 1.54) is 11.3 Å². The van der Waals surface area contributed by atoms with Gasteiger partial charge in [-0.05, 0) is 57.1 Å². The number of H-pyrrole nitrogens is 1. The molecule has 1 amide bonds. The molecule has 1 aliphatic rings. The number of aromatic nitrogens is 3. The number of amides is 1. The number of fused-ring (bicyclic) bond motifs is 1. The first-order chi connectivity index (χ1) is 16.2. The van der Waals surface area contributed by atoms with Crippen molar-refractivity contribution >= 4 is 57.2 Å². The van der Waals surface area contributed by atoms with Gasteiger partial charge in [0.25, 0.3) is 0 Å². The Morgan fingerprint density at radius 3 is 2.68 bits per heavy atom. The van der Waals surface area contributed by atoms with E-state index < -0.39 is 5.60 Å². The number of nitrogens with one attached hydrogen (secondary N) is 2. The summed E-state index contributed by atoms with van der Waals surface area (Å²) in [4.78, 5) is 27.0. The summed E-state index contributed by atoms with van der Waals surface area (Å²) in [5.74, 6) is -0.135. The molecule has 0 aliphatic heterocycles. The van der Waals surface area contributed by atoms with Crippen LogP contribution < -0.4 is 5.32 Å². The second-order valence-corrected chi connectivity index (χ2v) is 10.7. The summed E-state index contributed by atoms with van der Waals surface area (Å²) in [6, 6.07) is 7.46. The normalized spacial score (nSPS) is 15.0. The van der Waals surface area contributed by atoms with Gasteiger partial charge in [-0.3, -0.25) is 4.79 Å². The SMILES string of the molecule is CN(C)CC(=O)Nc1ccc(-c2cc3c(-c4cnc(C5(O)CCC5)s4)c(Cl)cnc3[nH]2)cc1Cl. The standard InChI is InChI=1S/C24H23Cl2N5O2S/c1-31(2)12-20(32)29-17-5-4-13(8-15(17)25)18-9-14-21(16(26)10-27-22(14)30-18)19-11-28-23(34-19)24(33)6-3-7-24/h4-5,8-11,33H,3,6-7,12H2,1-2H3,(H,27,30)(H,29,32). The first kappa shape index (κ1) is 23.3. The highest BCUT2D eigenvalue weighted by Crippen LogP contribution is 2.46. The molecule has 5 rings (SSSR count). The van der Waals surface area contributed by atoms with E-state index in [1.807, 2.05) is 26.2 Å². The molecule has 10 heteroatoms. The number of aliphatic hydroxyl groups is 1. The van der Waals surface area contributed by atoms with E-state index in [4.69, 9.17) is 23.2 Å². The van der Waals surface area contributed by atoms with Crippen molar-refractivity contribution in [2.45, 2.75) is 24.9 Å². The maximum Gasteiger partial charge on any atom is 0.238 e. The van der Waals surface area contributed by atoms with Crippen LogP contribution in [0.15, 0.2) is 36.7 Å². The molecular formula is C24H23Cl2N5O2S. The number of pyridine rings is 1. The first-order valence-corrected chi connectivity index (χ1v) is 12.4. The van der Waals surface area contributed by atoms with E-state index in [2.05, 4.69) is 20.3 Å². The molecule has 0 atom stereocenters. The van der Waals surface area contributed by atoms with E-state index in [1.54, 1.807) is 29.4 Å². The summed E-state index contributed by atoms with van der Waals surface area (Å²) in [6.07, 6.45) is 5.87. The molecule has 4 aromatic rings. The molecule has 1 aromatic carbocycles. The Kier molecular flexibility index (Phi) is 6.12. The lowest BCUT2D eigenvalue weighted by Gasteiger charge is -2.34. The predicted octanol–water partition coefficient (Wildman–Crippen LogP) is 5.53. The van der Waals surface area contributed by atoms with E-state index in [-0.39, 0.29) is 12.5 Å². The summed E-state index contributed by atoms with van der Waals surface area (Å²) in [7, 11) is 3.66. The number of likely N-dealkylation sites (N-methyl/N-ethyl adjacent to an activating group) is 1. The van der Waals surface area contributed by atoms with Crippen LogP contribution in [0, 0.1) is 0 Å². The van der Waals surface area contributed by atoms with Gasteiger partial charge < -0.3 is 20.3 Å². The van der Waals surface area contributed by atoms with E-state index in [9.17, 15) is 9.90 Å². The number of carbonyl (C=O) groups is 1. The molecule has 1 fully saturated rings. The number of aromatic amines is 1. The highest BCUT2D eigenvalue weighted by molar-refractivity contribution is 7.15. The number of nitrogens with zero attached hydrogens (tertiary/aromatic N) is 3. The molecular weight excluding hydrogens is 493 g/mol. The Hall–Kier alpha value is -2.49. The third-order valence-electron chi connectivity index (χ3n) is 5.96. The first-order valence-electron chi connectivity index (χ1n) is 10.8. The molecule has 3 heterocycles. The van der Waals surface area contributed by atoms with Crippen molar-refractivity contribution in [1.82, 2.24) is 19.9 Å². The fraction of sp³-hybridized carbons (Fsp3) is 0.292. The van der Waals surface area contributed by atoms with Gasteiger partial charge in [-0.1, -0.05) is 29.3 Å². The number of thiazole rings is 1. The van der Waals surface area contributed by atoms with Crippen LogP contribution in [0.4, 0.5) is 5.69 Å². The number of hydrogen-bond donors (Lipinski definition) is 3. The van der Waals surface area contributed by atoms with Crippen molar-refractivity contribution in [2.75, 3.05) is 26.0 Å². The minimum atomic E-state index is -0.814. The van der Waals surface area contributed by atoms with Gasteiger partial charge >= 0.3 is 0 Å². The van der Waals surface area contributed by atoms with Gasteiger partial charge in [0.15, 0.2) is 0 Å². The van der Waals surface area contributed by atoms with Crippen LogP contribution >= 0.6 is 34.5 Å². The fourth-order valence-corrected chi connectivity index (χ4v) is 5.72. The number of rotatable bonds is 6. The largest absolute Gasteiger partial charge is 0.383 e. The van der Waals surface area contributed by atoms with Crippen molar-refractivity contribution in [3.8, 4) is 21.7 Å².